The van der Waals surface area contributed by atoms with E-state index in [1.807, 2.05) is 36.4 Å². The highest BCUT2D eigenvalue weighted by atomic mass is 16.6. The Bertz CT molecular complexity index is 1100. The first-order valence-electron chi connectivity index (χ1n) is 11.9. The van der Waals surface area contributed by atoms with Crippen LogP contribution in [0.3, 0.4) is 0 Å². The van der Waals surface area contributed by atoms with Gasteiger partial charge in [-0.1, -0.05) is 62.4 Å². The number of nitrogens with one attached hydrogen (secondary N) is 1. The van der Waals surface area contributed by atoms with Gasteiger partial charge in [-0.25, -0.2) is 9.59 Å². The van der Waals surface area contributed by atoms with Crippen LogP contribution in [0.5, 0.6) is 0 Å². The number of hydrogen-bond acceptors (Lipinski definition) is 5. The molecule has 35 heavy (non-hydrogen) atoms. The van der Waals surface area contributed by atoms with Gasteiger partial charge in [0.05, 0.1) is 6.10 Å². The molecule has 0 unspecified atom stereocenters. The maximum atomic E-state index is 13.5. The Morgan fingerprint density at radius 1 is 1.06 bits per heavy atom. The highest BCUT2D eigenvalue weighted by molar-refractivity contribution is 5.90. The lowest BCUT2D eigenvalue weighted by molar-refractivity contribution is -0.157. The molecule has 0 aromatic heterocycles. The fourth-order valence-corrected chi connectivity index (χ4v) is 5.27. The second-order valence-electron chi connectivity index (χ2n) is 9.95. The molecule has 0 spiro atoms. The van der Waals surface area contributed by atoms with Gasteiger partial charge >= 0.3 is 12.1 Å². The van der Waals surface area contributed by atoms with Gasteiger partial charge in [0.15, 0.2) is 6.04 Å². The molecule has 1 saturated heterocycles. The zero-order valence-electron chi connectivity index (χ0n) is 20.6. The average molecular weight is 481 g/mol. The third-order valence-corrected chi connectivity index (χ3v) is 6.82. The summed E-state index contributed by atoms with van der Waals surface area (Å²) in [5.41, 5.74) is 3.30. The molecule has 8 nitrogen and oxygen atoms in total. The highest BCUT2D eigenvalue weighted by Gasteiger charge is 2.53. The first-order chi connectivity index (χ1) is 16.5. The normalized spacial score (nSPS) is 21.4. The largest absolute Gasteiger partial charge is 0.480 e. The van der Waals surface area contributed by atoms with Crippen molar-refractivity contribution in [3.05, 3.63) is 59.7 Å². The van der Waals surface area contributed by atoms with E-state index in [9.17, 15) is 19.5 Å². The number of fused-ring (bicyclic) bond motifs is 3. The van der Waals surface area contributed by atoms with Crippen molar-refractivity contribution in [2.75, 3.05) is 6.61 Å². The van der Waals surface area contributed by atoms with E-state index in [-0.39, 0.29) is 18.4 Å². The fraction of sp³-hybridized carbons (Fsp3) is 0.444. The summed E-state index contributed by atoms with van der Waals surface area (Å²) >= 11 is 0. The molecule has 1 fully saturated rings. The van der Waals surface area contributed by atoms with Gasteiger partial charge in [0.1, 0.15) is 18.4 Å². The second kappa shape index (κ2) is 9.34. The van der Waals surface area contributed by atoms with E-state index in [1.54, 1.807) is 34.6 Å². The second-order valence-corrected chi connectivity index (χ2v) is 9.95. The van der Waals surface area contributed by atoms with Crippen molar-refractivity contribution in [3.8, 4) is 11.1 Å². The number of carbonyl (C=O) groups excluding carboxylic acids is 2. The molecule has 186 valence electrons. The number of aliphatic carboxylic acids is 1. The minimum Gasteiger partial charge on any atom is -0.480 e. The number of carboxylic acids is 1. The summed E-state index contributed by atoms with van der Waals surface area (Å²) in [6.07, 6.45) is -1.41. The van der Waals surface area contributed by atoms with Gasteiger partial charge in [0.2, 0.25) is 5.91 Å². The van der Waals surface area contributed by atoms with Gasteiger partial charge in [0.25, 0.3) is 0 Å². The van der Waals surface area contributed by atoms with Crippen LogP contribution in [0.1, 0.15) is 51.7 Å². The van der Waals surface area contributed by atoms with Crippen molar-refractivity contribution in [3.63, 3.8) is 0 Å². The molecule has 2 aliphatic rings. The standard InChI is InChI=1S/C27H32N2O6/c1-15(2)22(24(30)29-23(25(31)32)16(3)35-27(29,4)5)28-26(33)34-14-21-19-12-8-6-10-17(19)18-11-7-9-13-20(18)21/h6-13,15-16,21-23H,14H2,1-5H3,(H,28,33)(H,31,32)/t16-,22-,23+/m0/s1. The number of benzene rings is 2. The van der Waals surface area contributed by atoms with E-state index >= 15 is 0 Å². The van der Waals surface area contributed by atoms with E-state index in [1.165, 1.54) is 4.90 Å². The minimum absolute atomic E-state index is 0.107. The van der Waals surface area contributed by atoms with E-state index in [4.69, 9.17) is 9.47 Å². The number of rotatable bonds is 6. The molecular formula is C27H32N2O6. The Morgan fingerprint density at radius 3 is 2.11 bits per heavy atom. The van der Waals surface area contributed by atoms with Crippen LogP contribution in [0, 0.1) is 5.92 Å². The van der Waals surface area contributed by atoms with Crippen LogP contribution in [0.4, 0.5) is 4.79 Å². The molecule has 8 heteroatoms. The topological polar surface area (TPSA) is 105 Å². The van der Waals surface area contributed by atoms with Crippen LogP contribution >= 0.6 is 0 Å². The first-order valence-corrected chi connectivity index (χ1v) is 11.9. The zero-order chi connectivity index (χ0) is 25.5. The third-order valence-electron chi connectivity index (χ3n) is 6.82. The quantitative estimate of drug-likeness (QED) is 0.648. The lowest BCUT2D eigenvalue weighted by Crippen LogP contribution is -2.59. The Kier molecular flexibility index (Phi) is 6.60. The van der Waals surface area contributed by atoms with Crippen LogP contribution < -0.4 is 5.32 Å². The van der Waals surface area contributed by atoms with Gasteiger partial charge in [-0.15, -0.1) is 0 Å². The number of carboxylic acid groups (broad SMARTS) is 1. The number of hydrogen-bond donors (Lipinski definition) is 2. The molecule has 2 N–H and O–H groups in total. The van der Waals surface area contributed by atoms with Gasteiger partial charge < -0.3 is 19.9 Å². The Labute approximate surface area is 205 Å². The summed E-state index contributed by atoms with van der Waals surface area (Å²) in [7, 11) is 0. The number of carbonyl (C=O) groups is 3. The molecule has 0 saturated carbocycles. The van der Waals surface area contributed by atoms with Crippen LogP contribution in [0.25, 0.3) is 11.1 Å². The van der Waals surface area contributed by atoms with Gasteiger partial charge in [-0.3, -0.25) is 9.69 Å². The molecular weight excluding hydrogens is 448 g/mol. The van der Waals surface area contributed by atoms with Crippen LogP contribution in [-0.4, -0.2) is 58.5 Å². The van der Waals surface area contributed by atoms with Crippen LogP contribution in [0.2, 0.25) is 0 Å². The lowest BCUT2D eigenvalue weighted by atomic mass is 9.98. The average Bonchev–Trinajstić information content (AvgIpc) is 3.25. The van der Waals surface area contributed by atoms with Gasteiger partial charge in [-0.05, 0) is 48.9 Å². The monoisotopic (exact) mass is 480 g/mol. The zero-order valence-corrected chi connectivity index (χ0v) is 20.6. The van der Waals surface area contributed by atoms with E-state index in [2.05, 4.69) is 17.4 Å². The molecule has 4 rings (SSSR count). The van der Waals surface area contributed by atoms with Crippen molar-refractivity contribution in [2.45, 2.75) is 64.4 Å². The first kappa shape index (κ1) is 24.7. The smallest absolute Gasteiger partial charge is 0.407 e. The maximum absolute atomic E-state index is 13.5. The number of nitrogens with zero attached hydrogens (tertiary/aromatic N) is 1. The lowest BCUT2D eigenvalue weighted by Gasteiger charge is -2.36. The Morgan fingerprint density at radius 2 is 1.60 bits per heavy atom. The molecule has 1 heterocycles. The summed E-state index contributed by atoms with van der Waals surface area (Å²) in [5, 5.41) is 12.4. The number of ether oxygens (including phenoxy) is 2. The minimum atomic E-state index is -1.15. The summed E-state index contributed by atoms with van der Waals surface area (Å²) in [4.78, 5) is 39.5. The van der Waals surface area contributed by atoms with E-state index in [0.717, 1.165) is 22.3 Å². The fourth-order valence-electron chi connectivity index (χ4n) is 5.27. The van der Waals surface area contributed by atoms with Crippen molar-refractivity contribution in [1.82, 2.24) is 10.2 Å². The maximum Gasteiger partial charge on any atom is 0.407 e. The van der Waals surface area contributed by atoms with Crippen molar-refractivity contribution in [1.29, 1.82) is 0 Å². The Balaban J connectivity index is 1.49. The number of alkyl carbamates (subject to hydrolysis) is 1. The van der Waals surface area contributed by atoms with E-state index < -0.39 is 41.9 Å². The molecule has 1 aliphatic carbocycles. The van der Waals surface area contributed by atoms with Crippen LogP contribution in [-0.2, 0) is 19.1 Å². The van der Waals surface area contributed by atoms with Crippen molar-refractivity contribution < 1.29 is 29.0 Å². The summed E-state index contributed by atoms with van der Waals surface area (Å²) in [6.45, 7) is 8.61. The predicted octanol–water partition coefficient (Wildman–Crippen LogP) is 3.99. The molecule has 2 amide bonds. The van der Waals surface area contributed by atoms with Crippen molar-refractivity contribution >= 4 is 18.0 Å². The third kappa shape index (κ3) is 4.50. The highest BCUT2D eigenvalue weighted by Crippen LogP contribution is 2.44. The molecule has 2 aromatic rings. The van der Waals surface area contributed by atoms with E-state index in [0.29, 0.717) is 0 Å². The summed E-state index contributed by atoms with van der Waals surface area (Å²) in [6, 6.07) is 14.0. The van der Waals surface area contributed by atoms with Crippen molar-refractivity contribution in [2.24, 2.45) is 5.92 Å². The molecule has 0 bridgehead atoms. The molecule has 2 aromatic carbocycles. The predicted molar refractivity (Wildman–Crippen MR) is 130 cm³/mol. The number of amides is 2. The molecule has 1 aliphatic heterocycles. The molecule has 0 radical (unpaired) electrons. The Hall–Kier alpha value is -3.39. The SMILES string of the molecule is CC(C)[C@H](NC(=O)OCC1c2ccccc2-c2ccccc21)C(=O)N1[C@@H](C(=O)O)[C@H](C)OC1(C)C. The summed E-state index contributed by atoms with van der Waals surface area (Å²) in [5.74, 6) is -2.08. The van der Waals surface area contributed by atoms with Crippen LogP contribution in [0.15, 0.2) is 48.5 Å². The van der Waals surface area contributed by atoms with Gasteiger partial charge in [-0.2, -0.15) is 0 Å². The molecule has 3 atom stereocenters. The van der Waals surface area contributed by atoms with Gasteiger partial charge in [0, 0.05) is 5.92 Å². The summed E-state index contributed by atoms with van der Waals surface area (Å²) < 4.78 is 11.4.